The molecule has 5 atom stereocenters. The number of aryl methyl sites for hydroxylation is 2. The van der Waals surface area contributed by atoms with Crippen LogP contribution < -0.4 is 20.5 Å². The van der Waals surface area contributed by atoms with E-state index in [1.165, 1.54) is 20.3 Å². The molecule has 280 valence electrons. The molecule has 2 aliphatic rings. The smallest absolute Gasteiger partial charge is 0.200 e. The van der Waals surface area contributed by atoms with Gasteiger partial charge in [0.25, 0.3) is 0 Å². The monoisotopic (exact) mass is 721 g/mol. The van der Waals surface area contributed by atoms with Gasteiger partial charge in [-0.1, -0.05) is 42.5 Å². The molecule has 3 aromatic carbocycles. The van der Waals surface area contributed by atoms with Crippen LogP contribution in [0.3, 0.4) is 0 Å². The zero-order valence-corrected chi connectivity index (χ0v) is 30.4. The normalized spacial score (nSPS) is 20.9. The number of aromatic hydroxyl groups is 3. The summed E-state index contributed by atoms with van der Waals surface area (Å²) < 4.78 is 10.6. The van der Waals surface area contributed by atoms with Crippen LogP contribution in [0.1, 0.15) is 48.1 Å². The number of ketones is 1. The molecule has 1 fully saturated rings. The highest BCUT2D eigenvalue weighted by atomic mass is 16.5. The van der Waals surface area contributed by atoms with Crippen LogP contribution in [-0.4, -0.2) is 58.1 Å². The van der Waals surface area contributed by atoms with Gasteiger partial charge in [-0.25, -0.2) is 0 Å². The quantitative estimate of drug-likeness (QED) is 0.0677. The minimum atomic E-state index is -1.04. The Morgan fingerprint density at radius 3 is 2.30 bits per heavy atom. The van der Waals surface area contributed by atoms with Crippen molar-refractivity contribution < 1.29 is 34.7 Å². The topological polar surface area (TPSA) is 170 Å². The van der Waals surface area contributed by atoms with E-state index < -0.39 is 17.4 Å². The summed E-state index contributed by atoms with van der Waals surface area (Å²) in [5.41, 5.74) is 10.4. The summed E-state index contributed by atoms with van der Waals surface area (Å²) in [6.07, 6.45) is 9.18. The predicted molar refractivity (Wildman–Crippen MR) is 204 cm³/mol. The highest BCUT2D eigenvalue weighted by Gasteiger charge is 2.59. The number of phenolic OH excluding ortho intramolecular Hbond substituents is 3. The number of hydrogen-bond acceptors (Lipinski definition) is 9. The second kappa shape index (κ2) is 16.5. The first-order chi connectivity index (χ1) is 25.6. The van der Waals surface area contributed by atoms with Gasteiger partial charge in [-0.3, -0.25) is 4.79 Å². The van der Waals surface area contributed by atoms with Gasteiger partial charge in [0.05, 0.1) is 32.1 Å². The third-order valence-corrected chi connectivity index (χ3v) is 11.3. The lowest BCUT2D eigenvalue weighted by atomic mass is 9.54. The highest BCUT2D eigenvalue weighted by Crippen LogP contribution is 2.61. The summed E-state index contributed by atoms with van der Waals surface area (Å²) in [5, 5.41) is 46.8. The zero-order valence-electron chi connectivity index (χ0n) is 30.4. The number of Topliss-reactive ketones (excluding diaryl/α,β-unsaturated/α-hetero) is 1. The van der Waals surface area contributed by atoms with E-state index in [4.69, 9.17) is 15.2 Å². The summed E-state index contributed by atoms with van der Waals surface area (Å²) in [6.45, 7) is 0.504. The van der Waals surface area contributed by atoms with E-state index in [1.54, 1.807) is 18.2 Å². The van der Waals surface area contributed by atoms with Crippen molar-refractivity contribution in [3.8, 4) is 28.7 Å². The van der Waals surface area contributed by atoms with Crippen molar-refractivity contribution in [3.05, 3.63) is 125 Å². The van der Waals surface area contributed by atoms with Crippen LogP contribution in [0.5, 0.6) is 28.7 Å². The molecule has 1 aliphatic heterocycles. The van der Waals surface area contributed by atoms with Crippen molar-refractivity contribution in [2.45, 2.75) is 57.5 Å². The van der Waals surface area contributed by atoms with Crippen LogP contribution in [0.25, 0.3) is 0 Å². The lowest BCUT2D eigenvalue weighted by Gasteiger charge is -2.50. The molecule has 6 rings (SSSR count). The number of H-pyrrole nitrogens is 1. The van der Waals surface area contributed by atoms with E-state index >= 15 is 4.79 Å². The minimum absolute atomic E-state index is 0.00607. The Bertz CT molecular complexity index is 1920. The van der Waals surface area contributed by atoms with E-state index in [0.717, 1.165) is 41.7 Å². The van der Waals surface area contributed by atoms with Gasteiger partial charge in [-0.15, -0.1) is 0 Å². The number of aromatic nitrogens is 1. The number of phenols is 3. The van der Waals surface area contributed by atoms with E-state index in [9.17, 15) is 20.4 Å². The first kappa shape index (κ1) is 37.4. The maximum absolute atomic E-state index is 15.2. The van der Waals surface area contributed by atoms with Crippen LogP contribution in [0.15, 0.2) is 103 Å². The van der Waals surface area contributed by atoms with Crippen LogP contribution >= 0.6 is 0 Å². The van der Waals surface area contributed by atoms with E-state index in [-0.39, 0.29) is 59.9 Å². The number of aliphatic hydroxyl groups excluding tert-OH is 1. The van der Waals surface area contributed by atoms with Crippen LogP contribution in [-0.2, 0) is 30.5 Å². The summed E-state index contributed by atoms with van der Waals surface area (Å²) in [6, 6.07) is 22.6. The maximum Gasteiger partial charge on any atom is 0.200 e. The largest absolute Gasteiger partial charge is 0.504 e. The molecule has 0 bridgehead atoms. The molecular weight excluding hydrogens is 670 g/mol. The molecule has 0 saturated heterocycles. The molecule has 53 heavy (non-hydrogen) atoms. The van der Waals surface area contributed by atoms with Gasteiger partial charge in [0.15, 0.2) is 23.0 Å². The Hall–Kier alpha value is -5.35. The maximum atomic E-state index is 15.2. The first-order valence-electron chi connectivity index (χ1n) is 18.4. The van der Waals surface area contributed by atoms with E-state index in [2.05, 4.69) is 34.6 Å². The number of methoxy groups -OCH3 is 2. The number of allylic oxidation sites excluding steroid dienone is 2. The summed E-state index contributed by atoms with van der Waals surface area (Å²) in [7, 11) is 2.91. The highest BCUT2D eigenvalue weighted by molar-refractivity contribution is 5.84. The van der Waals surface area contributed by atoms with Gasteiger partial charge in [-0.2, -0.15) is 0 Å². The lowest BCUT2D eigenvalue weighted by Crippen LogP contribution is -2.52. The summed E-state index contributed by atoms with van der Waals surface area (Å²) in [4.78, 5) is 18.6. The van der Waals surface area contributed by atoms with Crippen molar-refractivity contribution in [3.63, 3.8) is 0 Å². The van der Waals surface area contributed by atoms with Gasteiger partial charge in [0.1, 0.15) is 5.78 Å². The standard InChI is InChI=1S/C43H51N3O7/c1-52-38-23-28(10-15-34(38)47)11-16-35(48)41(36(49)17-12-29-22-37(50)42(51)39(24-29)53-2)43(32-18-20-46-40(44)26-32)30(21-27-7-4-3-5-8-27)13-14-31(43)25-33-9-6-19-45-33/h3-10,15,18-19,22-24,26,30-31,35,41,45-48,50-51H,11-14,16-17,20-21,25,44H2,1-2H3/t30-,31+,35+,41+,43+/m0/s1. The number of carbonyl (C=O) groups excluding carboxylic acids is 1. The Kier molecular flexibility index (Phi) is 11.7. The van der Waals surface area contributed by atoms with Crippen molar-refractivity contribution in [1.82, 2.24) is 10.3 Å². The van der Waals surface area contributed by atoms with Gasteiger partial charge in [0.2, 0.25) is 5.75 Å². The molecule has 2 heterocycles. The first-order valence-corrected chi connectivity index (χ1v) is 18.4. The average molecular weight is 722 g/mol. The number of nitrogens with one attached hydrogen (secondary N) is 2. The fourth-order valence-corrected chi connectivity index (χ4v) is 8.96. The third kappa shape index (κ3) is 8.03. The number of aliphatic hydroxyl groups is 1. The van der Waals surface area contributed by atoms with Gasteiger partial charge in [-0.05, 0) is 122 Å². The molecule has 1 saturated carbocycles. The number of aromatic amines is 1. The summed E-state index contributed by atoms with van der Waals surface area (Å²) in [5.74, 6) is -0.590. The Morgan fingerprint density at radius 2 is 1.60 bits per heavy atom. The number of dihydropyridines is 1. The number of benzene rings is 3. The van der Waals surface area contributed by atoms with Gasteiger partial charge >= 0.3 is 0 Å². The van der Waals surface area contributed by atoms with E-state index in [0.29, 0.717) is 36.5 Å². The number of nitrogens with two attached hydrogens (primary N) is 1. The number of carbonyl (C=O) groups is 1. The molecule has 0 spiro atoms. The molecule has 4 aromatic rings. The average Bonchev–Trinajstić information content (AvgIpc) is 3.80. The third-order valence-electron chi connectivity index (χ3n) is 11.3. The van der Waals surface area contributed by atoms with Crippen LogP contribution in [0.4, 0.5) is 0 Å². The molecule has 1 aromatic heterocycles. The predicted octanol–water partition coefficient (Wildman–Crippen LogP) is 6.09. The molecule has 0 unspecified atom stereocenters. The van der Waals surface area contributed by atoms with Crippen molar-refractivity contribution >= 4 is 5.78 Å². The van der Waals surface area contributed by atoms with Crippen LogP contribution in [0.2, 0.25) is 0 Å². The molecule has 0 radical (unpaired) electrons. The zero-order chi connectivity index (χ0) is 37.5. The Labute approximate surface area is 311 Å². The number of ether oxygens (including phenoxy) is 2. The minimum Gasteiger partial charge on any atom is -0.504 e. The fourth-order valence-electron chi connectivity index (χ4n) is 8.96. The van der Waals surface area contributed by atoms with Crippen LogP contribution in [0, 0.1) is 23.2 Å². The Morgan fingerprint density at radius 1 is 0.868 bits per heavy atom. The molecule has 10 nitrogen and oxygen atoms in total. The van der Waals surface area contributed by atoms with Crippen molar-refractivity contribution in [1.29, 1.82) is 0 Å². The SMILES string of the molecule is COc1cc(CC[C@@H](O)[C@H](C(=O)CCc2cc(O)c(O)c(OC)c2)[C@@]2(C3=CCNC(N)=C3)[C@@H](Cc3ccc[nH]3)CC[C@H]2Cc2ccccc2)ccc1O. The number of rotatable bonds is 16. The van der Waals surface area contributed by atoms with Crippen molar-refractivity contribution in [2.75, 3.05) is 20.8 Å². The fraction of sp³-hybridized carbons (Fsp3) is 0.372. The van der Waals surface area contributed by atoms with E-state index in [1.807, 2.05) is 42.6 Å². The van der Waals surface area contributed by atoms with Gasteiger partial charge in [0, 0.05) is 30.3 Å². The van der Waals surface area contributed by atoms with Gasteiger partial charge < -0.3 is 45.9 Å². The second-order valence-corrected chi connectivity index (χ2v) is 14.4. The molecular formula is C43H51N3O7. The Balaban J connectivity index is 1.47. The van der Waals surface area contributed by atoms with Crippen molar-refractivity contribution in [2.24, 2.45) is 28.9 Å². The summed E-state index contributed by atoms with van der Waals surface area (Å²) >= 11 is 0. The lowest BCUT2D eigenvalue weighted by molar-refractivity contribution is -0.135. The number of hydrogen-bond donors (Lipinski definition) is 7. The second-order valence-electron chi connectivity index (χ2n) is 14.4. The molecule has 0 amide bonds. The molecule has 1 aliphatic carbocycles. The molecule has 10 heteroatoms. The molecule has 8 N–H and O–H groups in total.